The van der Waals surface area contributed by atoms with Crippen LogP contribution in [0.5, 0.6) is 0 Å². The van der Waals surface area contributed by atoms with Crippen LogP contribution in [0.3, 0.4) is 0 Å². The first kappa shape index (κ1) is 13.0. The Labute approximate surface area is 116 Å². The number of rotatable bonds is 3. The number of aryl methyl sites for hydroxylation is 2. The van der Waals surface area contributed by atoms with E-state index >= 15 is 0 Å². The van der Waals surface area contributed by atoms with Crippen molar-refractivity contribution in [2.45, 2.75) is 58.0 Å². The highest BCUT2D eigenvalue weighted by Gasteiger charge is 2.35. The second kappa shape index (κ2) is 5.16. The van der Waals surface area contributed by atoms with Gasteiger partial charge in [0.2, 0.25) is 0 Å². The van der Waals surface area contributed by atoms with Crippen LogP contribution < -0.4 is 10.6 Å². The molecule has 0 spiro atoms. The fourth-order valence-corrected chi connectivity index (χ4v) is 4.18. The minimum absolute atomic E-state index is 0.600. The monoisotopic (exact) mass is 262 g/mol. The van der Waals surface area contributed by atoms with Crippen molar-refractivity contribution in [3.8, 4) is 0 Å². The third-order valence-corrected chi connectivity index (χ3v) is 5.03. The first-order valence-electron chi connectivity index (χ1n) is 7.71. The van der Waals surface area contributed by atoms with E-state index in [-0.39, 0.29) is 0 Å². The predicted octanol–water partition coefficient (Wildman–Crippen LogP) is 2.35. The largest absolute Gasteiger partial charge is 0.353 e. The molecule has 2 N–H and O–H groups in total. The second-order valence-electron chi connectivity index (χ2n) is 6.16. The minimum Gasteiger partial charge on any atom is -0.353 e. The summed E-state index contributed by atoms with van der Waals surface area (Å²) in [5, 5.41) is 4.58. The molecule has 0 bridgehead atoms. The summed E-state index contributed by atoms with van der Waals surface area (Å²) in [5.41, 5.74) is 8.29. The van der Waals surface area contributed by atoms with Gasteiger partial charge in [0.1, 0.15) is 5.82 Å². The Morgan fingerprint density at radius 1 is 1.21 bits per heavy atom. The molecule has 3 rings (SSSR count). The lowest BCUT2D eigenvalue weighted by Crippen LogP contribution is -2.36. The molecule has 4 nitrogen and oxygen atoms in total. The maximum atomic E-state index is 5.95. The summed E-state index contributed by atoms with van der Waals surface area (Å²) in [6, 6.07) is 0.725. The van der Waals surface area contributed by atoms with Gasteiger partial charge in [0, 0.05) is 31.7 Å². The van der Waals surface area contributed by atoms with E-state index in [2.05, 4.69) is 24.0 Å². The van der Waals surface area contributed by atoms with Crippen LogP contribution in [0, 0.1) is 12.8 Å². The fraction of sp³-hybridized carbons (Fsp3) is 0.800. The third-order valence-electron chi connectivity index (χ3n) is 5.03. The highest BCUT2D eigenvalue weighted by Crippen LogP contribution is 2.39. The van der Waals surface area contributed by atoms with Crippen LogP contribution in [-0.2, 0) is 13.6 Å². The van der Waals surface area contributed by atoms with E-state index in [1.54, 1.807) is 0 Å². The van der Waals surface area contributed by atoms with Crippen molar-refractivity contribution in [2.24, 2.45) is 18.7 Å². The Morgan fingerprint density at radius 2 is 1.95 bits per heavy atom. The zero-order valence-electron chi connectivity index (χ0n) is 12.2. The molecule has 0 aromatic carbocycles. The second-order valence-corrected chi connectivity index (χ2v) is 6.16. The Morgan fingerprint density at radius 3 is 2.63 bits per heavy atom. The van der Waals surface area contributed by atoms with Gasteiger partial charge in [-0.2, -0.15) is 5.10 Å². The number of anilines is 1. The zero-order valence-corrected chi connectivity index (χ0v) is 12.2. The Balaban J connectivity index is 1.91. The van der Waals surface area contributed by atoms with Gasteiger partial charge in [0.05, 0.1) is 5.69 Å². The van der Waals surface area contributed by atoms with Gasteiger partial charge in [-0.25, -0.2) is 0 Å². The van der Waals surface area contributed by atoms with Crippen molar-refractivity contribution in [2.75, 3.05) is 11.4 Å². The Kier molecular flexibility index (Phi) is 3.52. The van der Waals surface area contributed by atoms with Crippen molar-refractivity contribution < 1.29 is 0 Å². The first-order chi connectivity index (χ1) is 9.22. The maximum Gasteiger partial charge on any atom is 0.131 e. The standard InChI is InChI=1S/C15H26N4/c1-11-13(10-16)15(18(2)17-11)19-9-5-8-14(19)12-6-3-4-7-12/h12,14H,3-10,16H2,1-2H3. The zero-order chi connectivity index (χ0) is 13.4. The van der Waals surface area contributed by atoms with Crippen molar-refractivity contribution in [3.63, 3.8) is 0 Å². The summed E-state index contributed by atoms with van der Waals surface area (Å²) in [4.78, 5) is 2.61. The number of nitrogens with two attached hydrogens (primary N) is 1. The van der Waals surface area contributed by atoms with Gasteiger partial charge in [-0.15, -0.1) is 0 Å². The fourth-order valence-electron chi connectivity index (χ4n) is 4.18. The van der Waals surface area contributed by atoms with Gasteiger partial charge >= 0.3 is 0 Å². The molecular formula is C15H26N4. The molecule has 1 saturated carbocycles. The number of nitrogens with zero attached hydrogens (tertiary/aromatic N) is 3. The normalized spacial score (nSPS) is 24.6. The summed E-state index contributed by atoms with van der Waals surface area (Å²) in [7, 11) is 2.06. The van der Waals surface area contributed by atoms with E-state index in [1.165, 1.54) is 56.5 Å². The van der Waals surface area contributed by atoms with Crippen molar-refractivity contribution in [3.05, 3.63) is 11.3 Å². The molecule has 1 unspecified atom stereocenters. The van der Waals surface area contributed by atoms with Crippen LogP contribution >= 0.6 is 0 Å². The van der Waals surface area contributed by atoms with Crippen molar-refractivity contribution >= 4 is 5.82 Å². The lowest BCUT2D eigenvalue weighted by molar-refractivity contribution is 0.426. The average Bonchev–Trinajstić information content (AvgIpc) is 3.07. The van der Waals surface area contributed by atoms with Crippen LogP contribution in [0.4, 0.5) is 5.82 Å². The number of hydrogen-bond acceptors (Lipinski definition) is 3. The summed E-state index contributed by atoms with van der Waals surface area (Å²) < 4.78 is 2.05. The maximum absolute atomic E-state index is 5.95. The molecule has 19 heavy (non-hydrogen) atoms. The van der Waals surface area contributed by atoms with E-state index in [9.17, 15) is 0 Å². The highest BCUT2D eigenvalue weighted by molar-refractivity contribution is 5.52. The van der Waals surface area contributed by atoms with Gasteiger partial charge in [0.25, 0.3) is 0 Å². The van der Waals surface area contributed by atoms with E-state index in [0.717, 1.165) is 17.7 Å². The third kappa shape index (κ3) is 2.16. The topological polar surface area (TPSA) is 47.1 Å². The van der Waals surface area contributed by atoms with Crippen LogP contribution in [0.1, 0.15) is 49.8 Å². The molecule has 2 heterocycles. The molecule has 1 saturated heterocycles. The molecule has 4 heteroatoms. The van der Waals surface area contributed by atoms with Gasteiger partial charge in [-0.3, -0.25) is 4.68 Å². The average molecular weight is 262 g/mol. The van der Waals surface area contributed by atoms with Crippen LogP contribution in [-0.4, -0.2) is 22.4 Å². The molecule has 2 aliphatic rings. The van der Waals surface area contributed by atoms with E-state index in [1.807, 2.05) is 4.68 Å². The highest BCUT2D eigenvalue weighted by atomic mass is 15.4. The number of hydrogen-bond donors (Lipinski definition) is 1. The summed E-state index contributed by atoms with van der Waals surface area (Å²) in [6.07, 6.45) is 8.33. The van der Waals surface area contributed by atoms with Gasteiger partial charge in [0.15, 0.2) is 0 Å². The van der Waals surface area contributed by atoms with Crippen LogP contribution in [0.2, 0.25) is 0 Å². The quantitative estimate of drug-likeness (QED) is 0.909. The van der Waals surface area contributed by atoms with Crippen LogP contribution in [0.25, 0.3) is 0 Å². The molecular weight excluding hydrogens is 236 g/mol. The number of aromatic nitrogens is 2. The molecule has 106 valence electrons. The van der Waals surface area contributed by atoms with Gasteiger partial charge in [-0.05, 0) is 38.5 Å². The molecule has 2 fully saturated rings. The van der Waals surface area contributed by atoms with Gasteiger partial charge in [-0.1, -0.05) is 12.8 Å². The van der Waals surface area contributed by atoms with Crippen LogP contribution in [0.15, 0.2) is 0 Å². The van der Waals surface area contributed by atoms with Gasteiger partial charge < -0.3 is 10.6 Å². The summed E-state index contributed by atoms with van der Waals surface area (Å²) in [5.74, 6) is 2.18. The molecule has 1 aliphatic carbocycles. The van der Waals surface area contributed by atoms with E-state index < -0.39 is 0 Å². The molecule has 1 aromatic heterocycles. The Bertz CT molecular complexity index is 445. The summed E-state index contributed by atoms with van der Waals surface area (Å²) in [6.45, 7) is 3.85. The van der Waals surface area contributed by atoms with E-state index in [0.29, 0.717) is 6.54 Å². The SMILES string of the molecule is Cc1nn(C)c(N2CCCC2C2CCCC2)c1CN. The van der Waals surface area contributed by atoms with E-state index in [4.69, 9.17) is 5.73 Å². The molecule has 0 amide bonds. The smallest absolute Gasteiger partial charge is 0.131 e. The molecule has 1 aromatic rings. The molecule has 1 aliphatic heterocycles. The Hall–Kier alpha value is -1.03. The molecule has 1 atom stereocenters. The molecule has 0 radical (unpaired) electrons. The minimum atomic E-state index is 0.600. The predicted molar refractivity (Wildman–Crippen MR) is 78.2 cm³/mol. The summed E-state index contributed by atoms with van der Waals surface area (Å²) >= 11 is 0. The van der Waals surface area contributed by atoms with Crippen molar-refractivity contribution in [1.29, 1.82) is 0 Å². The lowest BCUT2D eigenvalue weighted by atomic mass is 9.96. The lowest BCUT2D eigenvalue weighted by Gasteiger charge is -2.31. The van der Waals surface area contributed by atoms with Crippen molar-refractivity contribution in [1.82, 2.24) is 9.78 Å². The first-order valence-corrected chi connectivity index (χ1v) is 7.71.